The molecule has 160 valence electrons. The third-order valence-corrected chi connectivity index (χ3v) is 5.00. The van der Waals surface area contributed by atoms with Crippen LogP contribution in [0.25, 0.3) is 0 Å². The van der Waals surface area contributed by atoms with Crippen LogP contribution in [0.1, 0.15) is 17.3 Å². The molecule has 1 aliphatic rings. The van der Waals surface area contributed by atoms with Crippen LogP contribution in [0.3, 0.4) is 0 Å². The van der Waals surface area contributed by atoms with E-state index in [0.717, 1.165) is 0 Å². The normalized spacial score (nSPS) is 21.2. The van der Waals surface area contributed by atoms with Crippen molar-refractivity contribution in [2.75, 3.05) is 32.6 Å². The second kappa shape index (κ2) is 11.6. The molecule has 29 heavy (non-hydrogen) atoms. The van der Waals surface area contributed by atoms with Gasteiger partial charge in [0.1, 0.15) is 17.3 Å². The van der Waals surface area contributed by atoms with Gasteiger partial charge in [-0.1, -0.05) is 0 Å². The van der Waals surface area contributed by atoms with Gasteiger partial charge in [-0.05, 0) is 31.2 Å². The largest absolute Gasteiger partial charge is 0.494 e. The quantitative estimate of drug-likeness (QED) is 0.299. The van der Waals surface area contributed by atoms with E-state index in [1.807, 2.05) is 6.92 Å². The van der Waals surface area contributed by atoms with Crippen LogP contribution in [0.15, 0.2) is 24.3 Å². The number of methoxy groups -OCH3 is 1. The first-order valence-electron chi connectivity index (χ1n) is 9.17. The Bertz CT molecular complexity index is 702. The van der Waals surface area contributed by atoms with Gasteiger partial charge in [-0.3, -0.25) is 19.7 Å². The summed E-state index contributed by atoms with van der Waals surface area (Å²) in [6, 6.07) is 5.65. The van der Waals surface area contributed by atoms with E-state index in [1.54, 1.807) is 31.4 Å². The highest BCUT2D eigenvalue weighted by molar-refractivity contribution is 8.00. The molecule has 1 heterocycles. The molecular formula is C18H27N5O5S. The lowest BCUT2D eigenvalue weighted by molar-refractivity contribution is -0.126. The molecule has 1 saturated heterocycles. The monoisotopic (exact) mass is 425 g/mol. The number of thioether (sulfide) groups is 1. The van der Waals surface area contributed by atoms with Crippen molar-refractivity contribution < 1.29 is 23.9 Å². The number of ether oxygens (including phenoxy) is 2. The molecule has 0 saturated carbocycles. The fourth-order valence-corrected chi connectivity index (χ4v) is 3.41. The molecule has 1 aromatic rings. The highest BCUT2D eigenvalue weighted by atomic mass is 32.2. The van der Waals surface area contributed by atoms with E-state index >= 15 is 0 Å². The lowest BCUT2D eigenvalue weighted by Crippen LogP contribution is -2.70. The number of nitrogens with two attached hydrogens (primary N) is 1. The summed E-state index contributed by atoms with van der Waals surface area (Å²) in [7, 11) is 1.55. The third kappa shape index (κ3) is 7.20. The maximum absolute atomic E-state index is 12.4. The van der Waals surface area contributed by atoms with Crippen LogP contribution in [0, 0.1) is 0 Å². The average Bonchev–Trinajstić information content (AvgIpc) is 2.70. The van der Waals surface area contributed by atoms with E-state index in [9.17, 15) is 14.4 Å². The van der Waals surface area contributed by atoms with Gasteiger partial charge < -0.3 is 31.2 Å². The summed E-state index contributed by atoms with van der Waals surface area (Å²) in [5.74, 6) is -0.231. The number of benzene rings is 1. The molecule has 3 atom stereocenters. The molecular weight excluding hydrogens is 398 g/mol. The van der Waals surface area contributed by atoms with Crippen LogP contribution in [0.5, 0.6) is 5.75 Å². The van der Waals surface area contributed by atoms with Crippen LogP contribution in [-0.4, -0.2) is 68.0 Å². The maximum atomic E-state index is 12.4. The maximum Gasteiger partial charge on any atom is 0.252 e. The van der Waals surface area contributed by atoms with Gasteiger partial charge in [0.2, 0.25) is 11.8 Å². The molecule has 0 spiro atoms. The Hall–Kier alpha value is -2.34. The van der Waals surface area contributed by atoms with Crippen molar-refractivity contribution in [2.45, 2.75) is 24.6 Å². The first-order chi connectivity index (χ1) is 13.9. The van der Waals surface area contributed by atoms with Crippen molar-refractivity contribution >= 4 is 29.5 Å². The number of hydrogen-bond acceptors (Lipinski definition) is 8. The summed E-state index contributed by atoms with van der Waals surface area (Å²) in [6.07, 6.45) is -0.801. The standard InChI is InChI=1S/C18H27N5O5S/c1-3-28-12-6-4-11(5-7-12)16(25)21-14-15(19)22-18(23-17(14)26)29-10-13(24)20-8-9-27-2/h4-7,14-15,18,22H,3,8-10,19H2,1-2H3,(H,20,24)(H,21,25)(H,23,26). The molecule has 3 amide bonds. The third-order valence-electron chi connectivity index (χ3n) is 3.98. The molecule has 1 fully saturated rings. The summed E-state index contributed by atoms with van der Waals surface area (Å²) in [6.45, 7) is 3.24. The van der Waals surface area contributed by atoms with Gasteiger partial charge in [0.25, 0.3) is 5.91 Å². The number of amides is 3. The summed E-state index contributed by atoms with van der Waals surface area (Å²) in [5.41, 5.74) is 5.87. The summed E-state index contributed by atoms with van der Waals surface area (Å²) in [5, 5.41) is 11.0. The molecule has 2 rings (SSSR count). The Balaban J connectivity index is 1.82. The molecule has 1 aromatic carbocycles. The van der Waals surface area contributed by atoms with Gasteiger partial charge in [-0.25, -0.2) is 0 Å². The second-order valence-electron chi connectivity index (χ2n) is 6.14. The Morgan fingerprint density at radius 2 is 2.00 bits per heavy atom. The van der Waals surface area contributed by atoms with Gasteiger partial charge in [0.15, 0.2) is 0 Å². The van der Waals surface area contributed by atoms with E-state index in [4.69, 9.17) is 15.2 Å². The number of rotatable bonds is 10. The summed E-state index contributed by atoms with van der Waals surface area (Å²) >= 11 is 1.19. The van der Waals surface area contributed by atoms with Gasteiger partial charge in [0.05, 0.1) is 25.1 Å². The van der Waals surface area contributed by atoms with Gasteiger partial charge in [-0.15, -0.1) is 11.8 Å². The minimum Gasteiger partial charge on any atom is -0.494 e. The first kappa shape index (κ1) is 22.9. The lowest BCUT2D eigenvalue weighted by Gasteiger charge is -2.35. The summed E-state index contributed by atoms with van der Waals surface area (Å²) < 4.78 is 10.2. The minimum absolute atomic E-state index is 0.136. The number of carbonyl (C=O) groups excluding carboxylic acids is 3. The molecule has 6 N–H and O–H groups in total. The van der Waals surface area contributed by atoms with E-state index in [0.29, 0.717) is 31.1 Å². The van der Waals surface area contributed by atoms with Gasteiger partial charge in [-0.2, -0.15) is 0 Å². The topological polar surface area (TPSA) is 144 Å². The Morgan fingerprint density at radius 1 is 1.28 bits per heavy atom. The van der Waals surface area contributed by atoms with Crippen molar-refractivity contribution in [2.24, 2.45) is 5.73 Å². The molecule has 0 radical (unpaired) electrons. The summed E-state index contributed by atoms with van der Waals surface area (Å²) in [4.78, 5) is 36.5. The molecule has 0 bridgehead atoms. The number of hydrogen-bond donors (Lipinski definition) is 5. The van der Waals surface area contributed by atoms with Crippen molar-refractivity contribution in [1.82, 2.24) is 21.3 Å². The molecule has 11 heteroatoms. The van der Waals surface area contributed by atoms with Crippen molar-refractivity contribution in [3.63, 3.8) is 0 Å². The Morgan fingerprint density at radius 3 is 2.62 bits per heavy atom. The van der Waals surface area contributed by atoms with E-state index in [1.165, 1.54) is 11.8 Å². The van der Waals surface area contributed by atoms with Crippen LogP contribution >= 0.6 is 11.8 Å². The van der Waals surface area contributed by atoms with Crippen LogP contribution in [-0.2, 0) is 14.3 Å². The zero-order valence-electron chi connectivity index (χ0n) is 16.4. The zero-order valence-corrected chi connectivity index (χ0v) is 17.2. The predicted octanol–water partition coefficient (Wildman–Crippen LogP) is -1.03. The van der Waals surface area contributed by atoms with Gasteiger partial charge >= 0.3 is 0 Å². The fraction of sp³-hybridized carbons (Fsp3) is 0.500. The lowest BCUT2D eigenvalue weighted by atomic mass is 10.1. The van der Waals surface area contributed by atoms with Crippen LogP contribution in [0.2, 0.25) is 0 Å². The molecule has 0 aromatic heterocycles. The first-order valence-corrected chi connectivity index (χ1v) is 10.2. The fourth-order valence-electron chi connectivity index (χ4n) is 2.54. The Labute approximate surface area is 173 Å². The van der Waals surface area contributed by atoms with Gasteiger partial charge in [0, 0.05) is 19.2 Å². The van der Waals surface area contributed by atoms with Crippen molar-refractivity contribution in [1.29, 1.82) is 0 Å². The van der Waals surface area contributed by atoms with E-state index in [2.05, 4.69) is 21.3 Å². The SMILES string of the molecule is CCOc1ccc(C(=O)NC2C(=O)NC(SCC(=O)NCCOC)NC2N)cc1. The van der Waals surface area contributed by atoms with E-state index in [-0.39, 0.29) is 11.7 Å². The Kier molecular flexibility index (Phi) is 9.19. The molecule has 3 unspecified atom stereocenters. The van der Waals surface area contributed by atoms with Crippen LogP contribution in [0.4, 0.5) is 0 Å². The van der Waals surface area contributed by atoms with Crippen molar-refractivity contribution in [3.8, 4) is 5.75 Å². The smallest absolute Gasteiger partial charge is 0.252 e. The number of carbonyl (C=O) groups is 3. The molecule has 10 nitrogen and oxygen atoms in total. The van der Waals surface area contributed by atoms with Crippen molar-refractivity contribution in [3.05, 3.63) is 29.8 Å². The predicted molar refractivity (Wildman–Crippen MR) is 109 cm³/mol. The minimum atomic E-state index is -0.943. The number of nitrogens with one attached hydrogen (secondary N) is 4. The highest BCUT2D eigenvalue weighted by Crippen LogP contribution is 2.14. The average molecular weight is 426 g/mol. The molecule has 0 aliphatic carbocycles. The van der Waals surface area contributed by atoms with Crippen LogP contribution < -0.4 is 31.7 Å². The van der Waals surface area contributed by atoms with E-state index < -0.39 is 29.5 Å². The second-order valence-corrected chi connectivity index (χ2v) is 7.24. The molecule has 1 aliphatic heterocycles. The zero-order chi connectivity index (χ0) is 21.2. The highest BCUT2D eigenvalue weighted by Gasteiger charge is 2.35.